The summed E-state index contributed by atoms with van der Waals surface area (Å²) in [4.78, 5) is 9.92. The molecule has 0 amide bonds. The lowest BCUT2D eigenvalue weighted by atomic mass is 10.1. The number of ether oxygens (including phenoxy) is 1. The van der Waals surface area contributed by atoms with Crippen LogP contribution in [0.2, 0.25) is 0 Å². The second-order valence-electron chi connectivity index (χ2n) is 5.76. The number of nitrogens with zero attached hydrogens (tertiary/aromatic N) is 3. The van der Waals surface area contributed by atoms with Gasteiger partial charge in [0.15, 0.2) is 0 Å². The minimum atomic E-state index is -3.82. The molecule has 0 spiro atoms. The van der Waals surface area contributed by atoms with Crippen LogP contribution in [0.1, 0.15) is 0 Å². The highest BCUT2D eigenvalue weighted by molar-refractivity contribution is 7.89. The molecule has 0 saturated heterocycles. The summed E-state index contributed by atoms with van der Waals surface area (Å²) in [7, 11) is -3.82. The molecule has 11 heteroatoms. The zero-order valence-electron chi connectivity index (χ0n) is 14.9. The first-order valence-electron chi connectivity index (χ1n) is 8.32. The molecule has 0 atom stereocenters. The van der Waals surface area contributed by atoms with Crippen molar-refractivity contribution in [2.45, 2.75) is 4.90 Å². The normalized spacial score (nSPS) is 11.2. The second kappa shape index (κ2) is 8.71. The number of halogens is 1. The summed E-state index contributed by atoms with van der Waals surface area (Å²) in [5.74, 6) is -0.150. The van der Waals surface area contributed by atoms with Crippen molar-refractivity contribution in [3.63, 3.8) is 0 Å². The first-order chi connectivity index (χ1) is 13.8. The van der Waals surface area contributed by atoms with Crippen molar-refractivity contribution >= 4 is 15.7 Å². The predicted octanol–water partition coefficient (Wildman–Crippen LogP) is 2.55. The van der Waals surface area contributed by atoms with Crippen molar-refractivity contribution in [3.05, 3.63) is 76.6 Å². The summed E-state index contributed by atoms with van der Waals surface area (Å²) in [6.07, 6.45) is 0. The average Bonchev–Trinajstić information content (AvgIpc) is 2.72. The first-order valence-corrected chi connectivity index (χ1v) is 9.80. The summed E-state index contributed by atoms with van der Waals surface area (Å²) in [6, 6.07) is 13.5. The van der Waals surface area contributed by atoms with Crippen molar-refractivity contribution in [1.82, 2.24) is 14.9 Å². The minimum absolute atomic E-state index is 0.00319. The molecule has 0 aliphatic carbocycles. The number of nitrogens with one attached hydrogen (secondary N) is 1. The highest BCUT2D eigenvalue weighted by Crippen LogP contribution is 2.18. The van der Waals surface area contributed by atoms with Crippen LogP contribution in [0.15, 0.2) is 65.6 Å². The standard InChI is InChI=1S/C18H15FN4O5S/c19-14-3-1-13(2-4-14)17-9-10-18(22-21-17)28-12-11-20-29(26,27)16-7-5-15(6-8-16)23(24)25/h1-10,20H,11-12H2. The van der Waals surface area contributed by atoms with E-state index in [1.165, 1.54) is 12.1 Å². The molecule has 3 aromatic rings. The van der Waals surface area contributed by atoms with Gasteiger partial charge in [0, 0.05) is 30.3 Å². The Morgan fingerprint density at radius 2 is 1.69 bits per heavy atom. The van der Waals surface area contributed by atoms with Gasteiger partial charge in [-0.3, -0.25) is 10.1 Å². The monoisotopic (exact) mass is 418 g/mol. The molecule has 150 valence electrons. The van der Waals surface area contributed by atoms with Gasteiger partial charge in [0.1, 0.15) is 12.4 Å². The maximum Gasteiger partial charge on any atom is 0.269 e. The summed E-state index contributed by atoms with van der Waals surface area (Å²) in [6.45, 7) is -0.0441. The average molecular weight is 418 g/mol. The van der Waals surface area contributed by atoms with Crippen molar-refractivity contribution in [3.8, 4) is 17.1 Å². The molecule has 0 fully saturated rings. The Hall–Kier alpha value is -3.44. The van der Waals surface area contributed by atoms with Crippen LogP contribution in [0, 0.1) is 15.9 Å². The molecular formula is C18H15FN4O5S. The van der Waals surface area contributed by atoms with Gasteiger partial charge in [0.25, 0.3) is 5.69 Å². The fourth-order valence-electron chi connectivity index (χ4n) is 2.33. The van der Waals surface area contributed by atoms with E-state index in [4.69, 9.17) is 4.74 Å². The van der Waals surface area contributed by atoms with Gasteiger partial charge in [-0.25, -0.2) is 17.5 Å². The number of benzene rings is 2. The molecule has 1 heterocycles. The first kappa shape index (κ1) is 20.3. The molecule has 9 nitrogen and oxygen atoms in total. The number of rotatable bonds is 8. The minimum Gasteiger partial charge on any atom is -0.475 e. The Labute approximate surface area is 165 Å². The van der Waals surface area contributed by atoms with Crippen LogP contribution in [0.4, 0.5) is 10.1 Å². The third kappa shape index (κ3) is 5.30. The molecule has 0 bridgehead atoms. The summed E-state index contributed by atoms with van der Waals surface area (Å²) < 4.78 is 44.9. The van der Waals surface area contributed by atoms with Crippen LogP contribution in [-0.2, 0) is 10.0 Å². The number of sulfonamides is 1. The Bertz CT molecular complexity index is 1090. The van der Waals surface area contributed by atoms with E-state index in [0.29, 0.717) is 11.3 Å². The van der Waals surface area contributed by atoms with E-state index in [9.17, 15) is 22.9 Å². The lowest BCUT2D eigenvalue weighted by Gasteiger charge is -2.08. The van der Waals surface area contributed by atoms with Crippen molar-refractivity contribution in [2.24, 2.45) is 0 Å². The van der Waals surface area contributed by atoms with E-state index in [1.807, 2.05) is 0 Å². The van der Waals surface area contributed by atoms with Crippen LogP contribution in [0.25, 0.3) is 11.3 Å². The topological polar surface area (TPSA) is 124 Å². The zero-order valence-corrected chi connectivity index (χ0v) is 15.7. The number of hydrogen-bond donors (Lipinski definition) is 1. The van der Waals surface area contributed by atoms with Crippen LogP contribution in [0.3, 0.4) is 0 Å². The Morgan fingerprint density at radius 1 is 1.00 bits per heavy atom. The Balaban J connectivity index is 1.52. The van der Waals surface area contributed by atoms with Gasteiger partial charge in [-0.15, -0.1) is 10.2 Å². The van der Waals surface area contributed by atoms with Crippen LogP contribution < -0.4 is 9.46 Å². The largest absolute Gasteiger partial charge is 0.475 e. The summed E-state index contributed by atoms with van der Waals surface area (Å²) in [5.41, 5.74) is 1.03. The molecule has 3 rings (SSSR count). The molecule has 0 aliphatic heterocycles. The van der Waals surface area contributed by atoms with Gasteiger partial charge >= 0.3 is 0 Å². The lowest BCUT2D eigenvalue weighted by molar-refractivity contribution is -0.384. The molecule has 29 heavy (non-hydrogen) atoms. The van der Waals surface area contributed by atoms with Crippen molar-refractivity contribution in [1.29, 1.82) is 0 Å². The van der Waals surface area contributed by atoms with Crippen LogP contribution >= 0.6 is 0 Å². The highest BCUT2D eigenvalue weighted by atomic mass is 32.2. The van der Waals surface area contributed by atoms with E-state index in [2.05, 4.69) is 14.9 Å². The van der Waals surface area contributed by atoms with Gasteiger partial charge in [0.2, 0.25) is 15.9 Å². The molecule has 2 aromatic carbocycles. The number of aromatic nitrogens is 2. The lowest BCUT2D eigenvalue weighted by Crippen LogP contribution is -2.28. The van der Waals surface area contributed by atoms with E-state index in [0.717, 1.165) is 24.3 Å². The van der Waals surface area contributed by atoms with Gasteiger partial charge < -0.3 is 4.74 Å². The number of hydrogen-bond acceptors (Lipinski definition) is 7. The highest BCUT2D eigenvalue weighted by Gasteiger charge is 2.15. The van der Waals surface area contributed by atoms with E-state index >= 15 is 0 Å². The number of non-ortho nitro benzene ring substituents is 1. The van der Waals surface area contributed by atoms with E-state index in [1.54, 1.807) is 24.3 Å². The smallest absolute Gasteiger partial charge is 0.269 e. The quantitative estimate of drug-likeness (QED) is 0.339. The molecular weight excluding hydrogens is 403 g/mol. The maximum atomic E-state index is 12.9. The van der Waals surface area contributed by atoms with Crippen LogP contribution in [-0.4, -0.2) is 36.7 Å². The second-order valence-corrected chi connectivity index (χ2v) is 7.53. The Kier molecular flexibility index (Phi) is 6.10. The van der Waals surface area contributed by atoms with Gasteiger partial charge in [-0.05, 0) is 42.5 Å². The summed E-state index contributed by atoms with van der Waals surface area (Å²) >= 11 is 0. The number of nitro benzene ring substituents is 1. The van der Waals surface area contributed by atoms with E-state index in [-0.39, 0.29) is 35.4 Å². The maximum absolute atomic E-state index is 12.9. The fourth-order valence-corrected chi connectivity index (χ4v) is 3.35. The van der Waals surface area contributed by atoms with Crippen molar-refractivity contribution < 1.29 is 22.5 Å². The molecule has 1 N–H and O–H groups in total. The third-order valence-corrected chi connectivity index (χ3v) is 5.26. The molecule has 0 aliphatic rings. The van der Waals surface area contributed by atoms with Crippen LogP contribution in [0.5, 0.6) is 5.88 Å². The third-order valence-electron chi connectivity index (χ3n) is 3.78. The molecule has 0 unspecified atom stereocenters. The number of nitro groups is 1. The Morgan fingerprint density at radius 3 is 2.28 bits per heavy atom. The summed E-state index contributed by atoms with van der Waals surface area (Å²) in [5, 5.41) is 18.5. The van der Waals surface area contributed by atoms with E-state index < -0.39 is 14.9 Å². The fraction of sp³-hybridized carbons (Fsp3) is 0.111. The molecule has 1 aromatic heterocycles. The van der Waals surface area contributed by atoms with Gasteiger partial charge in [-0.2, -0.15) is 0 Å². The van der Waals surface area contributed by atoms with Gasteiger partial charge in [-0.1, -0.05) is 0 Å². The SMILES string of the molecule is O=[N+]([O-])c1ccc(S(=O)(=O)NCCOc2ccc(-c3ccc(F)cc3)nn2)cc1. The van der Waals surface area contributed by atoms with Crippen molar-refractivity contribution in [2.75, 3.05) is 13.2 Å². The molecule has 0 saturated carbocycles. The molecule has 0 radical (unpaired) electrons. The predicted molar refractivity (Wildman–Crippen MR) is 101 cm³/mol. The zero-order chi connectivity index (χ0) is 20.9. The van der Waals surface area contributed by atoms with Gasteiger partial charge in [0.05, 0.1) is 15.5 Å².